The molecule has 1 aliphatic carbocycles. The number of ether oxygens (including phenoxy) is 1. The molecule has 3 unspecified atom stereocenters. The van der Waals surface area contributed by atoms with Crippen molar-refractivity contribution < 1.29 is 18.0 Å². The minimum Gasteiger partial charge on any atom is -0.378 e. The Morgan fingerprint density at radius 3 is 2.22 bits per heavy atom. The molecule has 0 saturated heterocycles. The summed E-state index contributed by atoms with van der Waals surface area (Å²) < 4.78 is 22.6. The van der Waals surface area contributed by atoms with Crippen LogP contribution in [0.15, 0.2) is 0 Å². The Kier molecular flexibility index (Phi) is 6.80. The van der Waals surface area contributed by atoms with E-state index < -0.39 is 8.80 Å². The molecule has 0 aliphatic heterocycles. The molecular weight excluding hydrogens is 248 g/mol. The van der Waals surface area contributed by atoms with Crippen LogP contribution in [0.2, 0.25) is 5.54 Å². The van der Waals surface area contributed by atoms with Gasteiger partial charge in [0.2, 0.25) is 0 Å². The average molecular weight is 276 g/mol. The summed E-state index contributed by atoms with van der Waals surface area (Å²) in [6, 6.07) is 0. The summed E-state index contributed by atoms with van der Waals surface area (Å²) in [5, 5.41) is 0. The molecule has 1 aliphatic rings. The smallest absolute Gasteiger partial charge is 0.378 e. The van der Waals surface area contributed by atoms with Crippen LogP contribution in [0, 0.1) is 5.92 Å². The Hall–Kier alpha value is 0.0569. The summed E-state index contributed by atoms with van der Waals surface area (Å²) in [7, 11) is 2.56. The van der Waals surface area contributed by atoms with Gasteiger partial charge in [-0.1, -0.05) is 19.8 Å². The van der Waals surface area contributed by atoms with E-state index in [0.717, 1.165) is 13.0 Å². The fourth-order valence-corrected chi connectivity index (χ4v) is 5.61. The molecule has 0 aromatic rings. The molecule has 1 fully saturated rings. The van der Waals surface area contributed by atoms with Crippen molar-refractivity contribution in [2.45, 2.75) is 51.2 Å². The SMILES string of the molecule is CCOC1CCCC(C(C)[Si](OC)(OC)OC)C1. The molecule has 0 bridgehead atoms. The van der Waals surface area contributed by atoms with Crippen LogP contribution in [0.1, 0.15) is 39.5 Å². The van der Waals surface area contributed by atoms with Crippen molar-refractivity contribution in [3.63, 3.8) is 0 Å². The minimum atomic E-state index is -2.52. The monoisotopic (exact) mass is 276 g/mol. The Morgan fingerprint density at radius 1 is 1.11 bits per heavy atom. The third-order valence-electron chi connectivity index (χ3n) is 4.19. The quantitative estimate of drug-likeness (QED) is 0.670. The molecule has 5 heteroatoms. The zero-order valence-corrected chi connectivity index (χ0v) is 13.4. The van der Waals surface area contributed by atoms with Gasteiger partial charge >= 0.3 is 8.80 Å². The summed E-state index contributed by atoms with van der Waals surface area (Å²) in [5.74, 6) is 0.571. The van der Waals surface area contributed by atoms with Crippen molar-refractivity contribution in [2.24, 2.45) is 5.92 Å². The van der Waals surface area contributed by atoms with Gasteiger partial charge in [0.15, 0.2) is 0 Å². The van der Waals surface area contributed by atoms with Crippen molar-refractivity contribution in [3.05, 3.63) is 0 Å². The predicted octanol–water partition coefficient (Wildman–Crippen LogP) is 2.85. The first kappa shape index (κ1) is 16.1. The lowest BCUT2D eigenvalue weighted by molar-refractivity contribution is 0.0129. The summed E-state index contributed by atoms with van der Waals surface area (Å²) in [5.41, 5.74) is 0.320. The van der Waals surface area contributed by atoms with Crippen molar-refractivity contribution in [3.8, 4) is 0 Å². The third kappa shape index (κ3) is 3.54. The summed E-state index contributed by atoms with van der Waals surface area (Å²) in [4.78, 5) is 0. The molecule has 0 aromatic heterocycles. The van der Waals surface area contributed by atoms with E-state index in [0.29, 0.717) is 17.6 Å². The molecular formula is C13H28O4Si. The molecule has 0 heterocycles. The zero-order valence-electron chi connectivity index (χ0n) is 12.4. The van der Waals surface area contributed by atoms with E-state index in [1.807, 2.05) is 0 Å². The standard InChI is InChI=1S/C13H28O4Si/c1-6-17-13-9-7-8-12(10-13)11(2)18(14-3,15-4)16-5/h11-13H,6-10H2,1-5H3. The molecule has 0 spiro atoms. The first-order valence-electron chi connectivity index (χ1n) is 6.90. The maximum atomic E-state index is 5.77. The molecule has 0 radical (unpaired) electrons. The van der Waals surface area contributed by atoms with Crippen LogP contribution < -0.4 is 0 Å². The highest BCUT2D eigenvalue weighted by Gasteiger charge is 2.48. The number of hydrogen-bond acceptors (Lipinski definition) is 4. The van der Waals surface area contributed by atoms with Gasteiger partial charge in [-0.05, 0) is 25.7 Å². The van der Waals surface area contributed by atoms with Crippen LogP contribution in [-0.2, 0) is 18.0 Å². The van der Waals surface area contributed by atoms with Gasteiger partial charge in [-0.3, -0.25) is 0 Å². The van der Waals surface area contributed by atoms with Gasteiger partial charge in [0.1, 0.15) is 0 Å². The lowest BCUT2D eigenvalue weighted by Gasteiger charge is -2.38. The fourth-order valence-electron chi connectivity index (χ4n) is 3.12. The second-order valence-corrected chi connectivity index (χ2v) is 8.35. The first-order valence-corrected chi connectivity index (χ1v) is 8.70. The highest BCUT2D eigenvalue weighted by Crippen LogP contribution is 2.40. The van der Waals surface area contributed by atoms with E-state index in [2.05, 4.69) is 13.8 Å². The zero-order chi connectivity index (χ0) is 13.6. The third-order valence-corrected chi connectivity index (χ3v) is 7.48. The van der Waals surface area contributed by atoms with Gasteiger partial charge in [0, 0.05) is 33.5 Å². The molecule has 1 rings (SSSR count). The van der Waals surface area contributed by atoms with Crippen LogP contribution in [0.5, 0.6) is 0 Å². The van der Waals surface area contributed by atoms with E-state index in [-0.39, 0.29) is 0 Å². The molecule has 18 heavy (non-hydrogen) atoms. The number of hydrogen-bond donors (Lipinski definition) is 0. The highest BCUT2D eigenvalue weighted by atomic mass is 28.4. The average Bonchev–Trinajstić information content (AvgIpc) is 2.42. The Balaban J connectivity index is 2.66. The molecule has 0 amide bonds. The van der Waals surface area contributed by atoms with Gasteiger partial charge in [-0.25, -0.2) is 0 Å². The molecule has 0 aromatic carbocycles. The van der Waals surface area contributed by atoms with Crippen LogP contribution in [0.25, 0.3) is 0 Å². The highest BCUT2D eigenvalue weighted by molar-refractivity contribution is 6.62. The van der Waals surface area contributed by atoms with Crippen LogP contribution in [0.4, 0.5) is 0 Å². The molecule has 4 nitrogen and oxygen atoms in total. The maximum Gasteiger partial charge on any atom is 0.503 e. The lowest BCUT2D eigenvalue weighted by Crippen LogP contribution is -2.50. The fraction of sp³-hybridized carbons (Fsp3) is 1.00. The van der Waals surface area contributed by atoms with E-state index in [1.165, 1.54) is 19.3 Å². The molecule has 3 atom stereocenters. The predicted molar refractivity (Wildman–Crippen MR) is 73.6 cm³/mol. The van der Waals surface area contributed by atoms with Crippen LogP contribution in [0.3, 0.4) is 0 Å². The van der Waals surface area contributed by atoms with Crippen molar-refractivity contribution in [1.29, 1.82) is 0 Å². The van der Waals surface area contributed by atoms with E-state index in [4.69, 9.17) is 18.0 Å². The van der Waals surface area contributed by atoms with Gasteiger partial charge in [-0.15, -0.1) is 0 Å². The second kappa shape index (κ2) is 7.60. The Morgan fingerprint density at radius 2 is 1.72 bits per heavy atom. The maximum absolute atomic E-state index is 5.77. The van der Waals surface area contributed by atoms with Crippen molar-refractivity contribution in [1.82, 2.24) is 0 Å². The van der Waals surface area contributed by atoms with Crippen molar-refractivity contribution in [2.75, 3.05) is 27.9 Å². The van der Waals surface area contributed by atoms with Crippen LogP contribution in [-0.4, -0.2) is 42.8 Å². The van der Waals surface area contributed by atoms with Gasteiger partial charge < -0.3 is 18.0 Å². The second-order valence-electron chi connectivity index (χ2n) is 5.01. The lowest BCUT2D eigenvalue weighted by atomic mass is 9.85. The number of rotatable bonds is 7. The van der Waals surface area contributed by atoms with Gasteiger partial charge in [0.05, 0.1) is 6.10 Å². The summed E-state index contributed by atoms with van der Waals surface area (Å²) >= 11 is 0. The van der Waals surface area contributed by atoms with Gasteiger partial charge in [0.25, 0.3) is 0 Å². The molecule has 108 valence electrons. The van der Waals surface area contributed by atoms with Crippen molar-refractivity contribution >= 4 is 8.80 Å². The Bertz CT molecular complexity index is 223. The largest absolute Gasteiger partial charge is 0.503 e. The Labute approximate surface area is 112 Å². The van der Waals surface area contributed by atoms with E-state index >= 15 is 0 Å². The minimum absolute atomic E-state index is 0.320. The summed E-state index contributed by atoms with van der Waals surface area (Å²) in [6.45, 7) is 5.06. The van der Waals surface area contributed by atoms with E-state index in [1.54, 1.807) is 21.3 Å². The first-order chi connectivity index (χ1) is 8.63. The molecule has 1 saturated carbocycles. The topological polar surface area (TPSA) is 36.9 Å². The molecule has 0 N–H and O–H groups in total. The van der Waals surface area contributed by atoms with E-state index in [9.17, 15) is 0 Å². The normalized spacial score (nSPS) is 27.2. The van der Waals surface area contributed by atoms with Crippen LogP contribution >= 0.6 is 0 Å². The van der Waals surface area contributed by atoms with Gasteiger partial charge in [-0.2, -0.15) is 0 Å². The summed E-state index contributed by atoms with van der Waals surface area (Å²) in [6.07, 6.45) is 5.11.